The van der Waals surface area contributed by atoms with E-state index in [1.807, 2.05) is 0 Å². The number of nitrogens with zero attached hydrogens (tertiary/aromatic N) is 1. The van der Waals surface area contributed by atoms with Gasteiger partial charge < -0.3 is 4.90 Å². The van der Waals surface area contributed by atoms with Gasteiger partial charge in [0.15, 0.2) is 0 Å². The van der Waals surface area contributed by atoms with E-state index in [0.717, 1.165) is 6.54 Å². The predicted octanol–water partition coefficient (Wildman–Crippen LogP) is 5.04. The van der Waals surface area contributed by atoms with E-state index < -0.39 is 0 Å². The zero-order valence-electron chi connectivity index (χ0n) is 13.1. The normalized spacial score (nSPS) is 13.5. The molecule has 0 atom stereocenters. The van der Waals surface area contributed by atoms with E-state index in [4.69, 9.17) is 0 Å². The van der Waals surface area contributed by atoms with Crippen LogP contribution in [0.25, 0.3) is 0 Å². The molecule has 0 bridgehead atoms. The van der Waals surface area contributed by atoms with Crippen LogP contribution in [0.15, 0.2) is 94.7 Å². The molecule has 0 fully saturated rings. The molecule has 0 unspecified atom stereocenters. The maximum Gasteiger partial charge on any atom is 0.0491 e. The van der Waals surface area contributed by atoms with Crippen LogP contribution in [-0.2, 0) is 0 Å². The fraction of sp³-hybridized carbons (Fsp3) is 0.0952. The number of hydrogen-bond donors (Lipinski definition) is 0. The highest BCUT2D eigenvalue weighted by Crippen LogP contribution is 2.42. The molecule has 4 rings (SSSR count). The quantitative estimate of drug-likeness (QED) is 0.598. The Balaban J connectivity index is 2.00. The van der Waals surface area contributed by atoms with Gasteiger partial charge in [0.1, 0.15) is 0 Å². The van der Waals surface area contributed by atoms with Crippen molar-refractivity contribution in [2.24, 2.45) is 0 Å². The van der Waals surface area contributed by atoms with Crippen molar-refractivity contribution in [3.8, 4) is 0 Å². The van der Waals surface area contributed by atoms with Gasteiger partial charge in [0.25, 0.3) is 0 Å². The van der Waals surface area contributed by atoms with Crippen LogP contribution in [-0.4, -0.2) is 18.5 Å². The van der Waals surface area contributed by atoms with Crippen molar-refractivity contribution in [3.05, 3.63) is 90.5 Å². The van der Waals surface area contributed by atoms with Crippen LogP contribution in [0.1, 0.15) is 5.56 Å². The van der Waals surface area contributed by atoms with Crippen LogP contribution in [0.3, 0.4) is 0 Å². The molecule has 1 nitrogen and oxygen atoms in total. The van der Waals surface area contributed by atoms with Crippen LogP contribution in [0, 0.1) is 0 Å². The van der Waals surface area contributed by atoms with Crippen molar-refractivity contribution in [3.63, 3.8) is 0 Å². The highest BCUT2D eigenvalue weighted by molar-refractivity contribution is 8.16. The van der Waals surface area contributed by atoms with Crippen molar-refractivity contribution in [1.82, 2.24) is 0 Å². The van der Waals surface area contributed by atoms with Gasteiger partial charge >= 0.3 is 0 Å². The minimum atomic E-state index is -0.0336. The smallest absolute Gasteiger partial charge is 0.0491 e. The Morgan fingerprint density at radius 2 is 1.22 bits per heavy atom. The molecule has 0 aliphatic carbocycles. The van der Waals surface area contributed by atoms with Crippen LogP contribution in [0.4, 0.5) is 5.69 Å². The summed E-state index contributed by atoms with van der Waals surface area (Å²) in [5.74, 6) is 0. The molecule has 0 saturated heterocycles. The molecule has 1 aliphatic rings. The van der Waals surface area contributed by atoms with Crippen LogP contribution in [0.5, 0.6) is 0 Å². The second kappa shape index (κ2) is 6.05. The highest BCUT2D eigenvalue weighted by atomic mass is 32.2. The molecule has 2 heteroatoms. The lowest BCUT2D eigenvalue weighted by molar-refractivity contribution is 1.10. The summed E-state index contributed by atoms with van der Waals surface area (Å²) in [5, 5.41) is 0. The van der Waals surface area contributed by atoms with E-state index in [-0.39, 0.29) is 10.5 Å². The summed E-state index contributed by atoms with van der Waals surface area (Å²) in [7, 11) is 2.15. The highest BCUT2D eigenvalue weighted by Gasteiger charge is 2.24. The molecule has 1 heterocycles. The first-order valence-electron chi connectivity index (χ1n) is 7.85. The van der Waals surface area contributed by atoms with Crippen molar-refractivity contribution in [2.45, 2.75) is 9.79 Å². The SMILES string of the molecule is CN1CC(=S(c2ccccc2)c2ccccc2)c2ccccc21. The maximum absolute atomic E-state index is 2.36. The first-order valence-corrected chi connectivity index (χ1v) is 9.08. The Morgan fingerprint density at radius 1 is 0.696 bits per heavy atom. The third-order valence-corrected chi connectivity index (χ3v) is 6.53. The number of anilines is 1. The van der Waals surface area contributed by atoms with Gasteiger partial charge in [-0.3, -0.25) is 0 Å². The molecular weight excluding hydrogens is 298 g/mol. The fourth-order valence-corrected chi connectivity index (χ4v) is 5.55. The fourth-order valence-electron chi connectivity index (χ4n) is 3.14. The lowest BCUT2D eigenvalue weighted by atomic mass is 10.2. The van der Waals surface area contributed by atoms with E-state index in [9.17, 15) is 0 Å². The summed E-state index contributed by atoms with van der Waals surface area (Å²) in [6, 6.07) is 30.5. The number of hydrogen-bond acceptors (Lipinski definition) is 1. The second-order valence-electron chi connectivity index (χ2n) is 5.73. The van der Waals surface area contributed by atoms with Gasteiger partial charge in [0.2, 0.25) is 0 Å². The molecule has 0 spiro atoms. The number of benzene rings is 3. The maximum atomic E-state index is 2.36. The molecule has 0 radical (unpaired) electrons. The molecule has 114 valence electrons. The zero-order chi connectivity index (χ0) is 15.6. The summed E-state index contributed by atoms with van der Waals surface area (Å²) in [5.41, 5.74) is 2.73. The standard InChI is InChI=1S/C21H19NS/c1-22-16-21(19-14-8-9-15-20(19)22)23(17-10-4-2-5-11-17)18-12-6-3-7-13-18/h2-15H,16H2,1H3. The molecule has 0 aromatic heterocycles. The number of para-hydroxylation sites is 1. The molecule has 1 aliphatic heterocycles. The van der Waals surface area contributed by atoms with Gasteiger partial charge in [-0.2, -0.15) is 0 Å². The van der Waals surface area contributed by atoms with Gasteiger partial charge in [-0.15, -0.1) is 10.5 Å². The molecule has 3 aromatic rings. The second-order valence-corrected chi connectivity index (χ2v) is 7.78. The van der Waals surface area contributed by atoms with E-state index in [0.29, 0.717) is 0 Å². The molecule has 0 amide bonds. The van der Waals surface area contributed by atoms with Crippen molar-refractivity contribution in [2.75, 3.05) is 18.5 Å². The summed E-state index contributed by atoms with van der Waals surface area (Å²) in [6.45, 7) is 0.992. The van der Waals surface area contributed by atoms with Gasteiger partial charge in [-0.25, -0.2) is 0 Å². The minimum Gasteiger partial charge on any atom is -0.369 e. The van der Waals surface area contributed by atoms with E-state index in [1.165, 1.54) is 25.9 Å². The summed E-state index contributed by atoms with van der Waals surface area (Å²) in [6.07, 6.45) is 0. The number of rotatable bonds is 2. The van der Waals surface area contributed by atoms with Crippen molar-refractivity contribution >= 4 is 21.0 Å². The van der Waals surface area contributed by atoms with Crippen LogP contribution >= 0.6 is 10.5 Å². The Morgan fingerprint density at radius 3 is 1.83 bits per heavy atom. The number of likely N-dealkylation sites (N-methyl/N-ethyl adjacent to an activating group) is 1. The van der Waals surface area contributed by atoms with Crippen LogP contribution in [0.2, 0.25) is 0 Å². The topological polar surface area (TPSA) is 3.24 Å². The Bertz CT molecular complexity index is 812. The third-order valence-electron chi connectivity index (χ3n) is 4.20. The molecule has 3 aromatic carbocycles. The molecular formula is C21H19NS. The predicted molar refractivity (Wildman–Crippen MR) is 101 cm³/mol. The summed E-state index contributed by atoms with van der Waals surface area (Å²) in [4.78, 5) is 6.65. The van der Waals surface area contributed by atoms with E-state index >= 15 is 0 Å². The summed E-state index contributed by atoms with van der Waals surface area (Å²) < 4.78 is 0. The van der Waals surface area contributed by atoms with Gasteiger partial charge in [-0.1, -0.05) is 54.6 Å². The first-order chi connectivity index (χ1) is 11.3. The van der Waals surface area contributed by atoms with E-state index in [2.05, 4.69) is 96.9 Å². The minimum absolute atomic E-state index is 0.0336. The monoisotopic (exact) mass is 317 g/mol. The largest absolute Gasteiger partial charge is 0.369 e. The molecule has 0 N–H and O–H groups in total. The number of fused-ring (bicyclic) bond motifs is 1. The third kappa shape index (κ3) is 2.60. The average Bonchev–Trinajstić information content (AvgIpc) is 2.94. The van der Waals surface area contributed by atoms with Gasteiger partial charge in [0.05, 0.1) is 0 Å². The zero-order valence-corrected chi connectivity index (χ0v) is 14.0. The van der Waals surface area contributed by atoms with Crippen molar-refractivity contribution in [1.29, 1.82) is 0 Å². The average molecular weight is 317 g/mol. The van der Waals surface area contributed by atoms with Gasteiger partial charge in [0, 0.05) is 39.5 Å². The van der Waals surface area contributed by atoms with Crippen LogP contribution < -0.4 is 4.90 Å². The molecule has 0 saturated carbocycles. The van der Waals surface area contributed by atoms with Gasteiger partial charge in [-0.05, 0) is 30.3 Å². The van der Waals surface area contributed by atoms with E-state index in [1.54, 1.807) is 0 Å². The lowest BCUT2D eigenvalue weighted by Crippen LogP contribution is -2.16. The Labute approximate surface area is 140 Å². The molecule has 23 heavy (non-hydrogen) atoms. The summed E-state index contributed by atoms with van der Waals surface area (Å²) >= 11 is 0. The van der Waals surface area contributed by atoms with Crippen molar-refractivity contribution < 1.29 is 0 Å². The Kier molecular flexibility index (Phi) is 3.76. The first kappa shape index (κ1) is 14.3. The Hall–Kier alpha value is -2.32. The lowest BCUT2D eigenvalue weighted by Gasteiger charge is -2.15.